The second-order valence-electron chi connectivity index (χ2n) is 5.10. The summed E-state index contributed by atoms with van der Waals surface area (Å²) in [5, 5.41) is 4.17. The molecule has 0 spiro atoms. The Labute approximate surface area is 120 Å². The number of benzene rings is 1. The summed E-state index contributed by atoms with van der Waals surface area (Å²) >= 11 is 6.08. The van der Waals surface area contributed by atoms with E-state index in [1.165, 1.54) is 5.56 Å². The smallest absolute Gasteiger partial charge is 0.0487 e. The van der Waals surface area contributed by atoms with Gasteiger partial charge in [0.15, 0.2) is 0 Å². The van der Waals surface area contributed by atoms with Gasteiger partial charge in [0.1, 0.15) is 0 Å². The predicted molar refractivity (Wildman–Crippen MR) is 77.9 cm³/mol. The largest absolute Gasteiger partial charge is 0.385 e. The van der Waals surface area contributed by atoms with E-state index in [1.54, 1.807) is 7.11 Å². The van der Waals surface area contributed by atoms with Gasteiger partial charge in [-0.3, -0.25) is 0 Å². The maximum absolute atomic E-state index is 6.08. The molecule has 106 valence electrons. The summed E-state index contributed by atoms with van der Waals surface area (Å²) in [5.41, 5.74) is 1.52. The van der Waals surface area contributed by atoms with Gasteiger partial charge in [0.2, 0.25) is 0 Å². The van der Waals surface area contributed by atoms with Crippen LogP contribution in [-0.2, 0) is 14.9 Å². The second-order valence-corrected chi connectivity index (χ2v) is 5.54. The zero-order chi connectivity index (χ0) is 13.6. The molecule has 1 aromatic carbocycles. The molecule has 0 bridgehead atoms. The van der Waals surface area contributed by atoms with Crippen LogP contribution < -0.4 is 5.32 Å². The minimum absolute atomic E-state index is 0.201. The van der Waals surface area contributed by atoms with Crippen LogP contribution in [0.2, 0.25) is 5.02 Å². The van der Waals surface area contributed by atoms with Crippen LogP contribution in [0, 0.1) is 0 Å². The van der Waals surface area contributed by atoms with Crippen molar-refractivity contribution in [3.8, 4) is 0 Å². The van der Waals surface area contributed by atoms with Gasteiger partial charge < -0.3 is 14.8 Å². The number of halogens is 1. The minimum atomic E-state index is 0.201. The first-order chi connectivity index (χ1) is 9.27. The lowest BCUT2D eigenvalue weighted by molar-refractivity contribution is 0.0805. The zero-order valence-electron chi connectivity index (χ0n) is 11.5. The van der Waals surface area contributed by atoms with Gasteiger partial charge in [0.25, 0.3) is 0 Å². The summed E-state index contributed by atoms with van der Waals surface area (Å²) in [7, 11) is 1.72. The van der Waals surface area contributed by atoms with Gasteiger partial charge >= 0.3 is 0 Å². The molecule has 2 rings (SSSR count). The molecule has 0 unspecified atom stereocenters. The Hall–Kier alpha value is -0.610. The maximum Gasteiger partial charge on any atom is 0.0487 e. The van der Waals surface area contributed by atoms with Crippen molar-refractivity contribution in [3.63, 3.8) is 0 Å². The minimum Gasteiger partial charge on any atom is -0.385 e. The lowest BCUT2D eigenvalue weighted by Gasteiger charge is -2.43. The molecule has 1 aliphatic rings. The first-order valence-corrected chi connectivity index (χ1v) is 7.18. The Morgan fingerprint density at radius 2 is 2.11 bits per heavy atom. The highest BCUT2D eigenvalue weighted by Gasteiger charge is 2.38. The van der Waals surface area contributed by atoms with Crippen LogP contribution in [0.1, 0.15) is 18.4 Å². The van der Waals surface area contributed by atoms with Crippen molar-refractivity contribution in [3.05, 3.63) is 34.9 Å². The summed E-state index contributed by atoms with van der Waals surface area (Å²) in [6.07, 6.45) is 1.99. The molecule has 0 aliphatic carbocycles. The fraction of sp³-hybridized carbons (Fsp3) is 0.600. The average molecular weight is 284 g/mol. The Kier molecular flexibility index (Phi) is 5.64. The molecular weight excluding hydrogens is 262 g/mol. The molecule has 1 N–H and O–H groups in total. The Balaban J connectivity index is 1.82. The van der Waals surface area contributed by atoms with Crippen LogP contribution >= 0.6 is 11.6 Å². The van der Waals surface area contributed by atoms with Crippen LogP contribution in [0.3, 0.4) is 0 Å². The maximum atomic E-state index is 6.08. The van der Waals surface area contributed by atoms with E-state index in [0.717, 1.165) is 50.8 Å². The van der Waals surface area contributed by atoms with Crippen molar-refractivity contribution in [2.75, 3.05) is 40.0 Å². The Bertz CT molecular complexity index is 393. The molecule has 19 heavy (non-hydrogen) atoms. The van der Waals surface area contributed by atoms with Crippen molar-refractivity contribution in [2.45, 2.75) is 18.3 Å². The van der Waals surface area contributed by atoms with E-state index in [-0.39, 0.29) is 5.41 Å². The van der Waals surface area contributed by atoms with Gasteiger partial charge in [0.05, 0.1) is 0 Å². The van der Waals surface area contributed by atoms with Gasteiger partial charge in [0, 0.05) is 50.5 Å². The highest BCUT2D eigenvalue weighted by Crippen LogP contribution is 2.33. The number of rotatable bonds is 8. The van der Waals surface area contributed by atoms with Crippen molar-refractivity contribution in [1.29, 1.82) is 0 Å². The molecular formula is C15H22ClNO2. The predicted octanol–water partition coefficient (Wildman–Crippen LogP) is 2.62. The third kappa shape index (κ3) is 3.93. The summed E-state index contributed by atoms with van der Waals surface area (Å²) in [6, 6.07) is 8.19. The quantitative estimate of drug-likeness (QED) is 0.744. The molecule has 1 aromatic rings. The van der Waals surface area contributed by atoms with E-state index < -0.39 is 0 Å². The van der Waals surface area contributed by atoms with Crippen LogP contribution in [-0.4, -0.2) is 40.0 Å². The fourth-order valence-corrected chi connectivity index (χ4v) is 2.64. The lowest BCUT2D eigenvalue weighted by Crippen LogP contribution is -2.57. The van der Waals surface area contributed by atoms with Gasteiger partial charge in [-0.2, -0.15) is 0 Å². The molecule has 3 nitrogen and oxygen atoms in total. The Morgan fingerprint density at radius 1 is 1.26 bits per heavy atom. The third-order valence-corrected chi connectivity index (χ3v) is 3.96. The summed E-state index contributed by atoms with van der Waals surface area (Å²) in [6.45, 7) is 4.34. The van der Waals surface area contributed by atoms with E-state index in [1.807, 2.05) is 12.1 Å². The first-order valence-electron chi connectivity index (χ1n) is 6.80. The topological polar surface area (TPSA) is 30.5 Å². The molecule has 0 atom stereocenters. The third-order valence-electron chi connectivity index (χ3n) is 3.73. The van der Waals surface area contributed by atoms with E-state index in [9.17, 15) is 0 Å². The van der Waals surface area contributed by atoms with Crippen LogP contribution in [0.4, 0.5) is 0 Å². The van der Waals surface area contributed by atoms with Gasteiger partial charge in [-0.15, -0.1) is 0 Å². The highest BCUT2D eigenvalue weighted by atomic mass is 35.5. The van der Waals surface area contributed by atoms with Gasteiger partial charge in [-0.05, 0) is 30.5 Å². The number of hydrogen-bond acceptors (Lipinski definition) is 3. The molecule has 1 saturated heterocycles. The Morgan fingerprint density at radius 3 is 2.74 bits per heavy atom. The van der Waals surface area contributed by atoms with E-state index in [2.05, 4.69) is 17.4 Å². The SMILES string of the molecule is COCCCOCCC1(c2cccc(Cl)c2)CNC1. The monoisotopic (exact) mass is 283 g/mol. The van der Waals surface area contributed by atoms with E-state index >= 15 is 0 Å². The molecule has 1 aliphatic heterocycles. The van der Waals surface area contributed by atoms with Crippen LogP contribution in [0.5, 0.6) is 0 Å². The summed E-state index contributed by atoms with van der Waals surface area (Å²) in [4.78, 5) is 0. The molecule has 1 heterocycles. The number of nitrogens with one attached hydrogen (secondary N) is 1. The molecule has 4 heteroatoms. The van der Waals surface area contributed by atoms with Gasteiger partial charge in [-0.25, -0.2) is 0 Å². The summed E-state index contributed by atoms with van der Waals surface area (Å²) < 4.78 is 10.7. The lowest BCUT2D eigenvalue weighted by atomic mass is 9.73. The highest BCUT2D eigenvalue weighted by molar-refractivity contribution is 6.30. The molecule has 0 saturated carbocycles. The molecule has 0 radical (unpaired) electrons. The number of hydrogen-bond donors (Lipinski definition) is 1. The normalized spacial score (nSPS) is 17.2. The van der Waals surface area contributed by atoms with Crippen molar-refractivity contribution in [1.82, 2.24) is 5.32 Å². The average Bonchev–Trinajstić information content (AvgIpc) is 2.36. The second kappa shape index (κ2) is 7.25. The zero-order valence-corrected chi connectivity index (χ0v) is 12.2. The van der Waals surface area contributed by atoms with Crippen molar-refractivity contribution >= 4 is 11.6 Å². The molecule has 0 aromatic heterocycles. The van der Waals surface area contributed by atoms with Crippen LogP contribution in [0.15, 0.2) is 24.3 Å². The fourth-order valence-electron chi connectivity index (χ4n) is 2.45. The number of ether oxygens (including phenoxy) is 2. The summed E-state index contributed by atoms with van der Waals surface area (Å²) in [5.74, 6) is 0. The van der Waals surface area contributed by atoms with Gasteiger partial charge in [-0.1, -0.05) is 23.7 Å². The van der Waals surface area contributed by atoms with Crippen LogP contribution in [0.25, 0.3) is 0 Å². The first kappa shape index (κ1) is 14.8. The van der Waals surface area contributed by atoms with E-state index in [4.69, 9.17) is 21.1 Å². The van der Waals surface area contributed by atoms with Crippen molar-refractivity contribution < 1.29 is 9.47 Å². The standard InChI is InChI=1S/C15H22ClNO2/c1-18-7-3-8-19-9-6-15(11-17-12-15)13-4-2-5-14(16)10-13/h2,4-5,10,17H,3,6-9,11-12H2,1H3. The number of methoxy groups -OCH3 is 1. The molecule has 1 fully saturated rings. The molecule has 0 amide bonds. The van der Waals surface area contributed by atoms with Crippen molar-refractivity contribution in [2.24, 2.45) is 0 Å². The van der Waals surface area contributed by atoms with E-state index in [0.29, 0.717) is 0 Å².